The zero-order chi connectivity index (χ0) is 13.1. The van der Waals surface area contributed by atoms with E-state index in [4.69, 9.17) is 0 Å². The highest BCUT2D eigenvalue weighted by atomic mass is 79.9. The number of nitrogens with one attached hydrogen (secondary N) is 1. The number of benzene rings is 1. The van der Waals surface area contributed by atoms with Gasteiger partial charge in [-0.05, 0) is 53.2 Å². The molecule has 0 atom stereocenters. The van der Waals surface area contributed by atoms with Gasteiger partial charge in [0.1, 0.15) is 0 Å². The van der Waals surface area contributed by atoms with Crippen molar-refractivity contribution in [2.45, 2.75) is 6.92 Å². The molecule has 0 aliphatic carbocycles. The topological polar surface area (TPSA) is 42.0 Å². The highest BCUT2D eigenvalue weighted by Crippen LogP contribution is 2.22. The number of rotatable bonds is 2. The van der Waals surface area contributed by atoms with Crippen molar-refractivity contribution in [2.24, 2.45) is 0 Å². The van der Waals surface area contributed by atoms with Crippen molar-refractivity contribution in [1.29, 1.82) is 0 Å². The van der Waals surface area contributed by atoms with Crippen molar-refractivity contribution in [2.75, 3.05) is 5.32 Å². The molecule has 0 saturated heterocycles. The number of carbonyl (C=O) groups is 1. The fourth-order valence-corrected chi connectivity index (χ4v) is 2.64. The van der Waals surface area contributed by atoms with Crippen LogP contribution in [0.4, 0.5) is 5.69 Å². The van der Waals surface area contributed by atoms with Gasteiger partial charge in [-0.15, -0.1) is 0 Å². The van der Waals surface area contributed by atoms with Gasteiger partial charge in [-0.1, -0.05) is 15.9 Å². The molecule has 1 heterocycles. The predicted molar refractivity (Wildman–Crippen MR) is 78.8 cm³/mol. The van der Waals surface area contributed by atoms with Crippen LogP contribution in [0.2, 0.25) is 0 Å². The molecule has 0 saturated carbocycles. The van der Waals surface area contributed by atoms with E-state index in [0.717, 1.165) is 14.6 Å². The molecule has 2 aromatic rings. The van der Waals surface area contributed by atoms with Gasteiger partial charge in [-0.25, -0.2) is 0 Å². The first-order valence-electron chi connectivity index (χ1n) is 5.25. The number of aryl methyl sites for hydroxylation is 1. The number of carbonyl (C=O) groups excluding carboxylic acids is 1. The Bertz CT molecular complexity index is 582. The van der Waals surface area contributed by atoms with Crippen LogP contribution >= 0.6 is 31.9 Å². The van der Waals surface area contributed by atoms with Gasteiger partial charge in [0, 0.05) is 14.6 Å². The Morgan fingerprint density at radius 1 is 1.22 bits per heavy atom. The van der Waals surface area contributed by atoms with Gasteiger partial charge in [0.15, 0.2) is 0 Å². The lowest BCUT2D eigenvalue weighted by atomic mass is 10.2. The number of halogens is 2. The van der Waals surface area contributed by atoms with Gasteiger partial charge >= 0.3 is 0 Å². The number of amides is 1. The number of hydrogen-bond acceptors (Lipinski definition) is 2. The highest BCUT2D eigenvalue weighted by molar-refractivity contribution is 9.11. The molecular weight excluding hydrogens is 360 g/mol. The first kappa shape index (κ1) is 13.2. The van der Waals surface area contributed by atoms with Gasteiger partial charge < -0.3 is 5.32 Å². The number of nitrogens with zero attached hydrogens (tertiary/aromatic N) is 1. The van der Waals surface area contributed by atoms with Crippen LogP contribution in [0.5, 0.6) is 0 Å². The van der Waals surface area contributed by atoms with Gasteiger partial charge in [0.2, 0.25) is 0 Å². The van der Waals surface area contributed by atoms with E-state index in [1.807, 2.05) is 31.2 Å². The summed E-state index contributed by atoms with van der Waals surface area (Å²) in [6.07, 6.45) is 1.64. The second-order valence-electron chi connectivity index (χ2n) is 3.77. The number of aromatic nitrogens is 1. The van der Waals surface area contributed by atoms with E-state index in [9.17, 15) is 4.79 Å². The summed E-state index contributed by atoms with van der Waals surface area (Å²) in [7, 11) is 0. The van der Waals surface area contributed by atoms with Crippen molar-refractivity contribution in [3.05, 3.63) is 56.7 Å². The van der Waals surface area contributed by atoms with Crippen LogP contribution in [0.25, 0.3) is 0 Å². The number of hydrogen-bond donors (Lipinski definition) is 1. The van der Waals surface area contributed by atoms with Crippen molar-refractivity contribution >= 4 is 43.5 Å². The monoisotopic (exact) mass is 368 g/mol. The zero-order valence-corrected chi connectivity index (χ0v) is 12.7. The van der Waals surface area contributed by atoms with Crippen LogP contribution in [0, 0.1) is 6.92 Å². The Balaban J connectivity index is 2.19. The molecule has 5 heteroatoms. The summed E-state index contributed by atoms with van der Waals surface area (Å²) in [5.74, 6) is -0.167. The SMILES string of the molecule is Cc1ccc(NC(=O)c2ccc(Br)cc2Br)cn1. The molecule has 0 aliphatic rings. The van der Waals surface area contributed by atoms with Gasteiger partial charge in [-0.2, -0.15) is 0 Å². The van der Waals surface area contributed by atoms with E-state index < -0.39 is 0 Å². The largest absolute Gasteiger partial charge is 0.321 e. The second kappa shape index (κ2) is 5.63. The van der Waals surface area contributed by atoms with E-state index in [2.05, 4.69) is 42.2 Å². The first-order chi connectivity index (χ1) is 8.56. The van der Waals surface area contributed by atoms with E-state index in [1.165, 1.54) is 0 Å². The minimum Gasteiger partial charge on any atom is -0.321 e. The molecule has 92 valence electrons. The van der Waals surface area contributed by atoms with E-state index in [1.54, 1.807) is 12.3 Å². The minimum atomic E-state index is -0.167. The van der Waals surface area contributed by atoms with E-state index >= 15 is 0 Å². The van der Waals surface area contributed by atoms with Gasteiger partial charge in [0.25, 0.3) is 5.91 Å². The Labute approximate surface area is 122 Å². The summed E-state index contributed by atoms with van der Waals surface area (Å²) >= 11 is 6.71. The van der Waals surface area contributed by atoms with Crippen LogP contribution in [0.1, 0.15) is 16.1 Å². The molecule has 0 unspecified atom stereocenters. The van der Waals surface area contributed by atoms with Crippen LogP contribution in [0.15, 0.2) is 45.5 Å². The van der Waals surface area contributed by atoms with Crippen molar-refractivity contribution < 1.29 is 4.79 Å². The lowest BCUT2D eigenvalue weighted by Crippen LogP contribution is -2.12. The van der Waals surface area contributed by atoms with E-state index in [0.29, 0.717) is 11.3 Å². The van der Waals surface area contributed by atoms with Crippen LogP contribution in [-0.4, -0.2) is 10.9 Å². The molecule has 1 aromatic heterocycles. The molecule has 0 fully saturated rings. The van der Waals surface area contributed by atoms with Crippen molar-refractivity contribution in [3.8, 4) is 0 Å². The summed E-state index contributed by atoms with van der Waals surface area (Å²) in [6.45, 7) is 1.90. The summed E-state index contributed by atoms with van der Waals surface area (Å²) in [5, 5.41) is 2.80. The van der Waals surface area contributed by atoms with Gasteiger partial charge in [-0.3, -0.25) is 9.78 Å². The lowest BCUT2D eigenvalue weighted by Gasteiger charge is -2.07. The summed E-state index contributed by atoms with van der Waals surface area (Å²) in [6, 6.07) is 9.10. The molecule has 1 amide bonds. The lowest BCUT2D eigenvalue weighted by molar-refractivity contribution is 0.102. The molecule has 2 rings (SSSR count). The third kappa shape index (κ3) is 3.17. The Morgan fingerprint density at radius 2 is 2.00 bits per heavy atom. The van der Waals surface area contributed by atoms with Crippen molar-refractivity contribution in [3.63, 3.8) is 0 Å². The Kier molecular flexibility index (Phi) is 4.14. The Hall–Kier alpha value is -1.20. The molecule has 0 aliphatic heterocycles. The average molecular weight is 370 g/mol. The smallest absolute Gasteiger partial charge is 0.256 e. The maximum absolute atomic E-state index is 12.0. The fourth-order valence-electron chi connectivity index (χ4n) is 1.41. The molecule has 0 radical (unpaired) electrons. The highest BCUT2D eigenvalue weighted by Gasteiger charge is 2.10. The molecular formula is C13H10Br2N2O. The standard InChI is InChI=1S/C13H10Br2N2O/c1-8-2-4-10(7-16-8)17-13(18)11-5-3-9(14)6-12(11)15/h2-7H,1H3,(H,17,18). The number of pyridine rings is 1. The minimum absolute atomic E-state index is 0.167. The zero-order valence-electron chi connectivity index (χ0n) is 9.58. The predicted octanol–water partition coefficient (Wildman–Crippen LogP) is 4.17. The summed E-state index contributed by atoms with van der Waals surface area (Å²) < 4.78 is 1.66. The fraction of sp³-hybridized carbons (Fsp3) is 0.0769. The van der Waals surface area contributed by atoms with Crippen LogP contribution in [-0.2, 0) is 0 Å². The quantitative estimate of drug-likeness (QED) is 0.863. The summed E-state index contributed by atoms with van der Waals surface area (Å²) in [4.78, 5) is 16.2. The van der Waals surface area contributed by atoms with Crippen LogP contribution < -0.4 is 5.32 Å². The molecule has 0 bridgehead atoms. The molecule has 1 N–H and O–H groups in total. The van der Waals surface area contributed by atoms with Crippen LogP contribution in [0.3, 0.4) is 0 Å². The maximum atomic E-state index is 12.0. The third-order valence-electron chi connectivity index (χ3n) is 2.34. The van der Waals surface area contributed by atoms with E-state index in [-0.39, 0.29) is 5.91 Å². The molecule has 3 nitrogen and oxygen atoms in total. The maximum Gasteiger partial charge on any atom is 0.256 e. The molecule has 1 aromatic carbocycles. The third-order valence-corrected chi connectivity index (χ3v) is 3.49. The first-order valence-corrected chi connectivity index (χ1v) is 6.84. The molecule has 0 spiro atoms. The second-order valence-corrected chi connectivity index (χ2v) is 5.54. The normalized spacial score (nSPS) is 10.2. The number of anilines is 1. The molecule has 18 heavy (non-hydrogen) atoms. The summed E-state index contributed by atoms with van der Waals surface area (Å²) in [5.41, 5.74) is 2.18. The van der Waals surface area contributed by atoms with Gasteiger partial charge in [0.05, 0.1) is 17.4 Å². The average Bonchev–Trinajstić information content (AvgIpc) is 2.32. The van der Waals surface area contributed by atoms with Crippen molar-refractivity contribution in [1.82, 2.24) is 4.98 Å². The Morgan fingerprint density at radius 3 is 2.61 bits per heavy atom.